The van der Waals surface area contributed by atoms with Gasteiger partial charge in [0, 0.05) is 25.7 Å². The average molecular weight is 582 g/mol. The van der Waals surface area contributed by atoms with E-state index in [1.807, 2.05) is 0 Å². The van der Waals surface area contributed by atoms with E-state index in [0.29, 0.717) is 55.2 Å². The first-order valence-electron chi connectivity index (χ1n) is 14.4. The van der Waals surface area contributed by atoms with Gasteiger partial charge in [0.2, 0.25) is 11.8 Å². The molecule has 0 aromatic heterocycles. The molecule has 1 aromatic rings. The number of carbonyl (C=O) groups excluding carboxylic acids is 2. The molecule has 11 heteroatoms. The minimum atomic E-state index is -1.10. The summed E-state index contributed by atoms with van der Waals surface area (Å²) in [5, 5.41) is 24.4. The fraction of sp³-hybridized carbons (Fsp3) is 0.516. The van der Waals surface area contributed by atoms with Crippen LogP contribution in [0, 0.1) is 29.0 Å². The summed E-state index contributed by atoms with van der Waals surface area (Å²) in [5.74, 6) is -1.42. The number of benzene rings is 1. The van der Waals surface area contributed by atoms with Crippen molar-refractivity contribution in [2.45, 2.75) is 64.5 Å². The largest absolute Gasteiger partial charge is 0.492 e. The minimum absolute atomic E-state index is 0.0468. The summed E-state index contributed by atoms with van der Waals surface area (Å²) < 4.78 is 19.3. The Balaban J connectivity index is 1.51. The molecule has 0 bridgehead atoms. The quantitative estimate of drug-likeness (QED) is 0.238. The second kappa shape index (κ2) is 16.4. The Kier molecular flexibility index (Phi) is 12.7. The number of rotatable bonds is 13. The van der Waals surface area contributed by atoms with E-state index < -0.39 is 23.7 Å². The number of carboxylic acids is 1. The lowest BCUT2D eigenvalue weighted by Gasteiger charge is -2.33. The Hall–Kier alpha value is -4.04. The summed E-state index contributed by atoms with van der Waals surface area (Å²) in [6, 6.07) is 5.09. The highest BCUT2D eigenvalue weighted by atomic mass is 19.1. The number of halogens is 1. The molecule has 2 heterocycles. The lowest BCUT2D eigenvalue weighted by molar-refractivity contribution is -0.137. The van der Waals surface area contributed by atoms with Crippen molar-refractivity contribution >= 4 is 24.0 Å². The van der Waals surface area contributed by atoms with Gasteiger partial charge < -0.3 is 25.4 Å². The van der Waals surface area contributed by atoms with Crippen LogP contribution in [0.3, 0.4) is 0 Å². The van der Waals surface area contributed by atoms with Crippen LogP contribution in [0.15, 0.2) is 47.3 Å². The monoisotopic (exact) mass is 581 g/mol. The van der Waals surface area contributed by atoms with Crippen molar-refractivity contribution in [3.8, 4) is 6.07 Å². The van der Waals surface area contributed by atoms with Gasteiger partial charge in [-0.05, 0) is 81.3 Å². The average Bonchev–Trinajstić information content (AvgIpc) is 2.98. The van der Waals surface area contributed by atoms with Gasteiger partial charge in [0.05, 0.1) is 30.1 Å². The second-order valence-electron chi connectivity index (χ2n) is 10.9. The smallest absolute Gasteiger partial charge is 0.305 e. The van der Waals surface area contributed by atoms with E-state index in [4.69, 9.17) is 10.00 Å². The highest BCUT2D eigenvalue weighted by molar-refractivity contribution is 5.86. The van der Waals surface area contributed by atoms with Crippen LogP contribution in [0.1, 0.15) is 63.0 Å². The van der Waals surface area contributed by atoms with Gasteiger partial charge in [-0.25, -0.2) is 4.39 Å². The van der Waals surface area contributed by atoms with Gasteiger partial charge in [0.25, 0.3) is 0 Å². The number of piperidine rings is 2. The Morgan fingerprint density at radius 2 is 2.10 bits per heavy atom. The van der Waals surface area contributed by atoms with E-state index in [1.54, 1.807) is 24.0 Å². The molecule has 42 heavy (non-hydrogen) atoms. The lowest BCUT2D eigenvalue weighted by atomic mass is 9.92. The molecule has 2 atom stereocenters. The maximum atomic E-state index is 13.8. The first-order chi connectivity index (χ1) is 20.2. The third-order valence-corrected chi connectivity index (χ3v) is 7.63. The van der Waals surface area contributed by atoms with E-state index >= 15 is 0 Å². The fourth-order valence-electron chi connectivity index (χ4n) is 5.11. The number of aliphatic imine (C=N–C) groups is 1. The molecule has 3 N–H and O–H groups in total. The van der Waals surface area contributed by atoms with Crippen molar-refractivity contribution in [3.63, 3.8) is 0 Å². The number of aliphatic carboxylic acids is 1. The fourth-order valence-corrected chi connectivity index (χ4v) is 5.11. The van der Waals surface area contributed by atoms with Gasteiger partial charge in [-0.2, -0.15) is 5.26 Å². The molecule has 226 valence electrons. The second-order valence-corrected chi connectivity index (χ2v) is 10.9. The Labute approximate surface area is 246 Å². The van der Waals surface area contributed by atoms with Gasteiger partial charge >= 0.3 is 5.97 Å². The number of nitrogens with one attached hydrogen (secondary N) is 2. The molecule has 0 unspecified atom stereocenters. The topological polar surface area (TPSA) is 144 Å². The number of amides is 2. The van der Waals surface area contributed by atoms with Crippen LogP contribution in [0.5, 0.6) is 0 Å². The molecule has 2 saturated heterocycles. The van der Waals surface area contributed by atoms with Crippen molar-refractivity contribution in [3.05, 3.63) is 59.3 Å². The van der Waals surface area contributed by atoms with Crippen LogP contribution in [0.2, 0.25) is 0 Å². The molecular weight excluding hydrogens is 541 g/mol. The zero-order chi connectivity index (χ0) is 30.5. The predicted octanol–water partition coefficient (Wildman–Crippen LogP) is 3.68. The van der Waals surface area contributed by atoms with Crippen LogP contribution in [0.25, 0.3) is 0 Å². The summed E-state index contributed by atoms with van der Waals surface area (Å²) >= 11 is 0. The molecule has 10 nitrogen and oxygen atoms in total. The van der Waals surface area contributed by atoms with E-state index in [0.717, 1.165) is 32.4 Å². The van der Waals surface area contributed by atoms with Crippen LogP contribution in [-0.2, 0) is 25.7 Å². The van der Waals surface area contributed by atoms with Crippen molar-refractivity contribution in [2.24, 2.45) is 16.8 Å². The SMILES string of the molecule is C=C(C=N/C=C(\C)OCc1ccc(C#N)c(F)c1)[C@H](CC(=O)O)NC(=O)[C@@H]1CCCN(C(=O)CCC2CCNCC2)C1. The zero-order valence-corrected chi connectivity index (χ0v) is 24.1. The van der Waals surface area contributed by atoms with E-state index in [-0.39, 0.29) is 30.4 Å². The van der Waals surface area contributed by atoms with E-state index in [9.17, 15) is 23.9 Å². The molecule has 2 amide bonds. The molecule has 3 rings (SSSR count). The van der Waals surface area contributed by atoms with Crippen molar-refractivity contribution in [1.29, 1.82) is 5.26 Å². The van der Waals surface area contributed by atoms with Gasteiger partial charge in [0.1, 0.15) is 24.3 Å². The molecule has 2 aliphatic rings. The number of hydrogen-bond acceptors (Lipinski definition) is 7. The summed E-state index contributed by atoms with van der Waals surface area (Å²) in [4.78, 5) is 43.4. The van der Waals surface area contributed by atoms with Gasteiger partial charge in [-0.1, -0.05) is 12.6 Å². The number of ether oxygens (including phenoxy) is 1. The van der Waals surface area contributed by atoms with Crippen LogP contribution >= 0.6 is 0 Å². The van der Waals surface area contributed by atoms with Gasteiger partial charge in [-0.3, -0.25) is 19.4 Å². The number of carbonyl (C=O) groups is 3. The molecule has 0 radical (unpaired) electrons. The first kappa shape index (κ1) is 32.5. The van der Waals surface area contributed by atoms with Crippen molar-refractivity contribution in [2.75, 3.05) is 26.2 Å². The number of allylic oxidation sites excluding steroid dienone is 1. The normalized spacial score (nSPS) is 18.7. The maximum Gasteiger partial charge on any atom is 0.305 e. The third kappa shape index (κ3) is 10.4. The number of likely N-dealkylation sites (tertiary alicyclic amines) is 1. The molecule has 2 fully saturated rings. The molecular formula is C31H40FN5O5. The Bertz CT molecular complexity index is 1230. The van der Waals surface area contributed by atoms with Gasteiger partial charge in [0.15, 0.2) is 0 Å². The van der Waals surface area contributed by atoms with Crippen molar-refractivity contribution in [1.82, 2.24) is 15.5 Å². The highest BCUT2D eigenvalue weighted by Gasteiger charge is 2.30. The molecule has 2 aliphatic heterocycles. The summed E-state index contributed by atoms with van der Waals surface area (Å²) in [6.45, 7) is 8.54. The predicted molar refractivity (Wildman–Crippen MR) is 156 cm³/mol. The maximum absolute atomic E-state index is 13.8. The van der Waals surface area contributed by atoms with E-state index in [2.05, 4.69) is 22.2 Å². The van der Waals surface area contributed by atoms with E-state index in [1.165, 1.54) is 24.5 Å². The van der Waals surface area contributed by atoms with Crippen LogP contribution < -0.4 is 10.6 Å². The third-order valence-electron chi connectivity index (χ3n) is 7.63. The highest BCUT2D eigenvalue weighted by Crippen LogP contribution is 2.22. The Morgan fingerprint density at radius 3 is 2.79 bits per heavy atom. The molecule has 1 aromatic carbocycles. The standard InChI is InChI=1S/C31H40FN5O5/c1-21(17-35-18-22(2)42-20-24-5-7-25(16-33)27(32)14-24)28(15-30(39)40)36-31(41)26-4-3-13-37(19-26)29(38)8-6-23-9-11-34-12-10-23/h5,7,14,17-18,23,26,28,34H,1,3-4,6,8-13,15,19-20H2,2H3,(H,36,41)(H,39,40)/b22-18+,35-17?/t26-,28+/m1/s1. The molecule has 0 spiro atoms. The lowest BCUT2D eigenvalue weighted by Crippen LogP contribution is -2.48. The van der Waals surface area contributed by atoms with Crippen LogP contribution in [0.4, 0.5) is 4.39 Å². The van der Waals surface area contributed by atoms with Crippen molar-refractivity contribution < 1.29 is 28.6 Å². The minimum Gasteiger partial charge on any atom is -0.492 e. The first-order valence-corrected chi connectivity index (χ1v) is 14.4. The Morgan fingerprint density at radius 1 is 1.33 bits per heavy atom. The molecule has 0 aliphatic carbocycles. The number of carboxylic acid groups (broad SMARTS) is 1. The summed E-state index contributed by atoms with van der Waals surface area (Å²) in [5.41, 5.74) is 0.797. The zero-order valence-electron chi connectivity index (χ0n) is 24.1. The molecule has 0 saturated carbocycles. The number of hydrogen-bond donors (Lipinski definition) is 3. The number of nitriles is 1. The van der Waals surface area contributed by atoms with Gasteiger partial charge in [-0.15, -0.1) is 0 Å². The number of nitrogens with zero attached hydrogens (tertiary/aromatic N) is 3. The summed E-state index contributed by atoms with van der Waals surface area (Å²) in [6.07, 6.45) is 7.23. The van der Waals surface area contributed by atoms with Crippen LogP contribution in [-0.4, -0.2) is 66.2 Å². The summed E-state index contributed by atoms with van der Waals surface area (Å²) in [7, 11) is 0.